The van der Waals surface area contributed by atoms with Gasteiger partial charge in [-0.1, -0.05) is 42.5 Å². The molecule has 4 rings (SSSR count). The highest BCUT2D eigenvalue weighted by atomic mass is 19.1. The molecule has 0 saturated carbocycles. The van der Waals surface area contributed by atoms with Crippen LogP contribution in [0, 0.1) is 5.82 Å². The van der Waals surface area contributed by atoms with Crippen LogP contribution >= 0.6 is 0 Å². The van der Waals surface area contributed by atoms with Crippen LogP contribution in [-0.2, 0) is 20.2 Å². The summed E-state index contributed by atoms with van der Waals surface area (Å²) in [5.74, 6) is 1.49. The molecule has 0 amide bonds. The van der Waals surface area contributed by atoms with Crippen LogP contribution in [-0.4, -0.2) is 9.55 Å². The van der Waals surface area contributed by atoms with Gasteiger partial charge in [0, 0.05) is 19.2 Å². The Hall–Kier alpha value is -3.18. The molecular weight excluding hydrogens is 365 g/mol. The number of ether oxygens (including phenoxy) is 1. The van der Waals surface area contributed by atoms with Crippen LogP contribution in [0.2, 0.25) is 0 Å². The first-order valence-corrected chi connectivity index (χ1v) is 9.71. The molecule has 3 aromatic carbocycles. The van der Waals surface area contributed by atoms with Gasteiger partial charge in [0.25, 0.3) is 0 Å². The van der Waals surface area contributed by atoms with Gasteiger partial charge in [-0.15, -0.1) is 0 Å². The minimum Gasteiger partial charge on any atom is -0.489 e. The van der Waals surface area contributed by atoms with E-state index in [0.29, 0.717) is 5.56 Å². The van der Waals surface area contributed by atoms with E-state index >= 15 is 0 Å². The summed E-state index contributed by atoms with van der Waals surface area (Å²) >= 11 is 0. The van der Waals surface area contributed by atoms with E-state index in [1.165, 1.54) is 6.07 Å². The third-order valence-electron chi connectivity index (χ3n) is 5.10. The van der Waals surface area contributed by atoms with Crippen molar-refractivity contribution in [1.29, 1.82) is 0 Å². The van der Waals surface area contributed by atoms with Crippen molar-refractivity contribution in [1.82, 2.24) is 14.9 Å². The number of nitrogens with one attached hydrogen (secondary N) is 1. The van der Waals surface area contributed by atoms with Crippen molar-refractivity contribution in [3.05, 3.63) is 95.6 Å². The normalized spacial score (nSPS) is 12.2. The molecule has 0 fully saturated rings. The maximum Gasteiger partial charge on any atom is 0.129 e. The van der Waals surface area contributed by atoms with Crippen molar-refractivity contribution < 1.29 is 9.13 Å². The Morgan fingerprint density at radius 1 is 1.00 bits per heavy atom. The van der Waals surface area contributed by atoms with Crippen LogP contribution in [0.15, 0.2) is 72.8 Å². The molecule has 148 valence electrons. The lowest BCUT2D eigenvalue weighted by molar-refractivity contribution is 0.299. The molecule has 1 aromatic heterocycles. The maximum absolute atomic E-state index is 13.7. The van der Waals surface area contributed by atoms with Crippen molar-refractivity contribution in [3.63, 3.8) is 0 Å². The fraction of sp³-hybridized carbons (Fsp3) is 0.208. The Morgan fingerprint density at radius 3 is 2.48 bits per heavy atom. The number of fused-ring (bicyclic) bond motifs is 1. The van der Waals surface area contributed by atoms with E-state index < -0.39 is 0 Å². The number of benzene rings is 3. The molecule has 0 aliphatic rings. The van der Waals surface area contributed by atoms with Crippen molar-refractivity contribution in [2.45, 2.75) is 26.1 Å². The van der Waals surface area contributed by atoms with Gasteiger partial charge in [0.05, 0.1) is 17.1 Å². The zero-order chi connectivity index (χ0) is 20.2. The van der Waals surface area contributed by atoms with Crippen LogP contribution in [0.3, 0.4) is 0 Å². The lowest BCUT2D eigenvalue weighted by atomic mass is 10.2. The third kappa shape index (κ3) is 4.30. The smallest absolute Gasteiger partial charge is 0.129 e. The summed E-state index contributed by atoms with van der Waals surface area (Å²) in [6.07, 6.45) is 0. The first-order valence-electron chi connectivity index (χ1n) is 9.71. The minimum atomic E-state index is -0.246. The lowest BCUT2D eigenvalue weighted by Gasteiger charge is -2.14. The van der Waals surface area contributed by atoms with Gasteiger partial charge in [-0.2, -0.15) is 0 Å². The minimum absolute atomic E-state index is 0.115. The fourth-order valence-corrected chi connectivity index (χ4v) is 3.39. The first-order chi connectivity index (χ1) is 14.1. The second-order valence-electron chi connectivity index (χ2n) is 7.14. The number of hydrogen-bond donors (Lipinski definition) is 1. The van der Waals surface area contributed by atoms with E-state index in [0.717, 1.165) is 34.7 Å². The standard InChI is InChI=1S/C24H24FN3O/c1-17(24-27-22-9-5-6-10-23(22)28(24)2)26-15-18-11-13-20(14-12-18)29-16-19-7-3-4-8-21(19)25/h3-14,17,26H,15-16H2,1-2H3/t17-/m0/s1. The maximum atomic E-state index is 13.7. The lowest BCUT2D eigenvalue weighted by Crippen LogP contribution is -2.21. The Morgan fingerprint density at radius 2 is 1.72 bits per heavy atom. The van der Waals surface area contributed by atoms with Gasteiger partial charge >= 0.3 is 0 Å². The van der Waals surface area contributed by atoms with E-state index in [1.54, 1.807) is 12.1 Å². The molecule has 5 heteroatoms. The Kier molecular flexibility index (Phi) is 5.58. The number of nitrogens with zero attached hydrogens (tertiary/aromatic N) is 2. The summed E-state index contributed by atoms with van der Waals surface area (Å²) in [6, 6.07) is 22.8. The fourth-order valence-electron chi connectivity index (χ4n) is 3.39. The Labute approximate surface area is 170 Å². The van der Waals surface area contributed by atoms with Crippen LogP contribution in [0.1, 0.15) is 29.9 Å². The van der Waals surface area contributed by atoms with E-state index in [-0.39, 0.29) is 18.5 Å². The molecule has 0 aliphatic heterocycles. The highest BCUT2D eigenvalue weighted by molar-refractivity contribution is 5.75. The zero-order valence-electron chi connectivity index (χ0n) is 16.6. The highest BCUT2D eigenvalue weighted by Gasteiger charge is 2.13. The molecule has 0 spiro atoms. The van der Waals surface area contributed by atoms with Crippen molar-refractivity contribution in [2.75, 3.05) is 0 Å². The van der Waals surface area contributed by atoms with Gasteiger partial charge in [0.15, 0.2) is 0 Å². The topological polar surface area (TPSA) is 39.1 Å². The average Bonchev–Trinajstić information content (AvgIpc) is 3.09. The molecule has 0 aliphatic carbocycles. The largest absolute Gasteiger partial charge is 0.489 e. The van der Waals surface area contributed by atoms with Crippen molar-refractivity contribution in [2.24, 2.45) is 7.05 Å². The number of hydrogen-bond acceptors (Lipinski definition) is 3. The number of para-hydroxylation sites is 2. The molecule has 0 saturated heterocycles. The summed E-state index contributed by atoms with van der Waals surface area (Å²) in [4.78, 5) is 4.75. The van der Waals surface area contributed by atoms with Crippen molar-refractivity contribution in [3.8, 4) is 5.75 Å². The number of halogens is 1. The van der Waals surface area contributed by atoms with Gasteiger partial charge < -0.3 is 14.6 Å². The number of aromatic nitrogens is 2. The van der Waals surface area contributed by atoms with Gasteiger partial charge in [0.1, 0.15) is 24.0 Å². The van der Waals surface area contributed by atoms with E-state index in [2.05, 4.69) is 22.9 Å². The molecule has 0 unspecified atom stereocenters. The zero-order valence-corrected chi connectivity index (χ0v) is 16.6. The molecule has 29 heavy (non-hydrogen) atoms. The van der Waals surface area contributed by atoms with Crippen LogP contribution in [0.4, 0.5) is 4.39 Å². The molecule has 4 aromatic rings. The SMILES string of the molecule is C[C@H](NCc1ccc(OCc2ccccc2F)cc1)c1nc2ccccc2n1C. The van der Waals surface area contributed by atoms with Crippen LogP contribution in [0.25, 0.3) is 11.0 Å². The number of aryl methyl sites for hydroxylation is 1. The predicted molar refractivity (Wildman–Crippen MR) is 113 cm³/mol. The summed E-state index contributed by atoms with van der Waals surface area (Å²) in [5.41, 5.74) is 3.84. The summed E-state index contributed by atoms with van der Waals surface area (Å²) < 4.78 is 21.5. The highest BCUT2D eigenvalue weighted by Crippen LogP contribution is 2.20. The van der Waals surface area contributed by atoms with E-state index in [9.17, 15) is 4.39 Å². The Bertz CT molecular complexity index is 1100. The number of rotatable bonds is 7. The van der Waals surface area contributed by atoms with Gasteiger partial charge in [-0.3, -0.25) is 0 Å². The molecule has 4 nitrogen and oxygen atoms in total. The van der Waals surface area contributed by atoms with Crippen LogP contribution in [0.5, 0.6) is 5.75 Å². The quantitative estimate of drug-likeness (QED) is 0.476. The molecule has 0 bridgehead atoms. The molecule has 1 heterocycles. The molecule has 1 N–H and O–H groups in total. The summed E-state index contributed by atoms with van der Waals surface area (Å²) in [5, 5.41) is 3.53. The monoisotopic (exact) mass is 389 g/mol. The summed E-state index contributed by atoms with van der Waals surface area (Å²) in [7, 11) is 2.05. The second kappa shape index (κ2) is 8.45. The van der Waals surface area contributed by atoms with Gasteiger partial charge in [-0.05, 0) is 42.8 Å². The van der Waals surface area contributed by atoms with Gasteiger partial charge in [-0.25, -0.2) is 9.37 Å². The summed E-state index contributed by atoms with van der Waals surface area (Å²) in [6.45, 7) is 3.05. The van der Waals surface area contributed by atoms with Crippen LogP contribution < -0.4 is 10.1 Å². The van der Waals surface area contributed by atoms with E-state index in [4.69, 9.17) is 9.72 Å². The molecule has 0 radical (unpaired) electrons. The number of imidazole rings is 1. The molecule has 1 atom stereocenters. The molecular formula is C24H24FN3O. The second-order valence-corrected chi connectivity index (χ2v) is 7.14. The predicted octanol–water partition coefficient (Wildman–Crippen LogP) is 5.14. The average molecular weight is 389 g/mol. The Balaban J connectivity index is 1.35. The third-order valence-corrected chi connectivity index (χ3v) is 5.10. The van der Waals surface area contributed by atoms with Crippen molar-refractivity contribution >= 4 is 11.0 Å². The van der Waals surface area contributed by atoms with E-state index in [1.807, 2.05) is 55.6 Å². The van der Waals surface area contributed by atoms with Gasteiger partial charge in [0.2, 0.25) is 0 Å². The first kappa shape index (κ1) is 19.2.